The molecule has 1 amide bonds. The van der Waals surface area contributed by atoms with E-state index >= 15 is 0 Å². The number of nitrogens with zero attached hydrogens (tertiary/aromatic N) is 3. The lowest BCUT2D eigenvalue weighted by Crippen LogP contribution is -2.34. The molecule has 2 heterocycles. The van der Waals surface area contributed by atoms with E-state index < -0.39 is 15.3 Å². The number of hydrogen-bond acceptors (Lipinski definition) is 5. The minimum absolute atomic E-state index is 0.103. The Hall–Kier alpha value is -2.06. The van der Waals surface area contributed by atoms with Crippen molar-refractivity contribution >= 4 is 27.0 Å². The van der Waals surface area contributed by atoms with Crippen molar-refractivity contribution < 1.29 is 13.2 Å². The number of carbonyl (C=O) groups excluding carboxylic acids is 1. The van der Waals surface area contributed by atoms with Crippen molar-refractivity contribution in [3.63, 3.8) is 0 Å². The minimum atomic E-state index is -3.62. The van der Waals surface area contributed by atoms with Gasteiger partial charge in [0.1, 0.15) is 5.69 Å². The molecule has 0 bridgehead atoms. The summed E-state index contributed by atoms with van der Waals surface area (Å²) in [5.74, 6) is -0.320. The molecule has 110 valence electrons. The zero-order chi connectivity index (χ0) is 15.0. The maximum absolute atomic E-state index is 12.4. The number of likely N-dealkylation sites (tertiary alicyclic amines) is 1. The Labute approximate surface area is 121 Å². The lowest BCUT2D eigenvalue weighted by molar-refractivity contribution is 0.0787. The van der Waals surface area contributed by atoms with Gasteiger partial charge in [-0.15, -0.1) is 0 Å². The summed E-state index contributed by atoms with van der Waals surface area (Å²) in [7, 11) is -3.62. The van der Waals surface area contributed by atoms with Crippen molar-refractivity contribution in [2.75, 3.05) is 13.1 Å². The van der Waals surface area contributed by atoms with Gasteiger partial charge in [0.15, 0.2) is 0 Å². The Balaban J connectivity index is 1.84. The molecule has 7 nitrogen and oxygen atoms in total. The lowest BCUT2D eigenvalue weighted by atomic mass is 10.3. The van der Waals surface area contributed by atoms with Crippen molar-refractivity contribution in [2.45, 2.75) is 11.7 Å². The van der Waals surface area contributed by atoms with E-state index in [-0.39, 0.29) is 18.1 Å². The molecule has 8 heteroatoms. The topological polar surface area (TPSA) is 106 Å². The van der Waals surface area contributed by atoms with E-state index in [9.17, 15) is 13.2 Å². The van der Waals surface area contributed by atoms with Gasteiger partial charge in [0.25, 0.3) is 5.91 Å². The van der Waals surface area contributed by atoms with Gasteiger partial charge >= 0.3 is 0 Å². The van der Waals surface area contributed by atoms with Gasteiger partial charge in [-0.25, -0.2) is 18.5 Å². The van der Waals surface area contributed by atoms with Crippen LogP contribution >= 0.6 is 0 Å². The number of rotatable bonds is 2. The largest absolute Gasteiger partial charge is 0.336 e. The van der Waals surface area contributed by atoms with E-state index in [0.29, 0.717) is 24.0 Å². The molecule has 1 fully saturated rings. The highest BCUT2D eigenvalue weighted by Crippen LogP contribution is 2.17. The van der Waals surface area contributed by atoms with E-state index in [2.05, 4.69) is 9.97 Å². The van der Waals surface area contributed by atoms with Crippen LogP contribution in [0.25, 0.3) is 11.0 Å². The zero-order valence-electron chi connectivity index (χ0n) is 11.1. The number of para-hydroxylation sites is 2. The van der Waals surface area contributed by atoms with Crippen molar-refractivity contribution in [2.24, 2.45) is 5.14 Å². The highest BCUT2D eigenvalue weighted by molar-refractivity contribution is 7.89. The van der Waals surface area contributed by atoms with E-state index in [1.165, 1.54) is 11.1 Å². The monoisotopic (exact) mass is 306 g/mol. The van der Waals surface area contributed by atoms with Gasteiger partial charge in [-0.2, -0.15) is 0 Å². The fraction of sp³-hybridized carbons (Fsp3) is 0.308. The standard InChI is InChI=1S/C13H14N4O3S/c14-21(19,20)9-5-6-17(8-9)13(18)12-7-15-10-3-1-2-4-11(10)16-12/h1-4,7,9H,5-6,8H2,(H2,14,19,20). The summed E-state index contributed by atoms with van der Waals surface area (Å²) in [6.45, 7) is 0.459. The maximum Gasteiger partial charge on any atom is 0.274 e. The number of benzene rings is 1. The molecule has 2 N–H and O–H groups in total. The maximum atomic E-state index is 12.4. The molecule has 1 aliphatic rings. The van der Waals surface area contributed by atoms with Gasteiger partial charge in [-0.3, -0.25) is 9.78 Å². The van der Waals surface area contributed by atoms with Gasteiger partial charge in [-0.05, 0) is 18.6 Å². The number of sulfonamides is 1. The zero-order valence-corrected chi connectivity index (χ0v) is 12.0. The van der Waals surface area contributed by atoms with Gasteiger partial charge < -0.3 is 4.90 Å². The Bertz CT molecular complexity index is 806. The van der Waals surface area contributed by atoms with Crippen LogP contribution in [0.5, 0.6) is 0 Å². The third-order valence-corrected chi connectivity index (χ3v) is 4.88. The minimum Gasteiger partial charge on any atom is -0.336 e. The normalized spacial score (nSPS) is 19.1. The fourth-order valence-corrected chi connectivity index (χ4v) is 3.22. The molecule has 1 aromatic carbocycles. The molecule has 21 heavy (non-hydrogen) atoms. The summed E-state index contributed by atoms with van der Waals surface area (Å²) >= 11 is 0. The first-order valence-electron chi connectivity index (χ1n) is 6.48. The Kier molecular flexibility index (Phi) is 3.34. The van der Waals surface area contributed by atoms with Gasteiger partial charge in [-0.1, -0.05) is 12.1 Å². The Morgan fingerprint density at radius 2 is 2.00 bits per heavy atom. The van der Waals surface area contributed by atoms with E-state index in [1.54, 1.807) is 6.07 Å². The van der Waals surface area contributed by atoms with Crippen LogP contribution in [0.1, 0.15) is 16.9 Å². The van der Waals surface area contributed by atoms with Crippen LogP contribution in [0, 0.1) is 0 Å². The summed E-state index contributed by atoms with van der Waals surface area (Å²) < 4.78 is 22.6. The van der Waals surface area contributed by atoms with E-state index in [0.717, 1.165) is 0 Å². The van der Waals surface area contributed by atoms with Gasteiger partial charge in [0.05, 0.1) is 22.5 Å². The number of amides is 1. The first-order chi connectivity index (χ1) is 9.95. The molecular formula is C13H14N4O3S. The first kappa shape index (κ1) is 13.9. The number of primary sulfonamides is 1. The van der Waals surface area contributed by atoms with Crippen molar-refractivity contribution in [1.29, 1.82) is 0 Å². The molecule has 0 spiro atoms. The molecule has 1 aliphatic heterocycles. The molecule has 0 radical (unpaired) electrons. The van der Waals surface area contributed by atoms with Crippen LogP contribution in [0.2, 0.25) is 0 Å². The first-order valence-corrected chi connectivity index (χ1v) is 8.09. The summed E-state index contributed by atoms with van der Waals surface area (Å²) in [5, 5.41) is 4.42. The number of nitrogens with two attached hydrogens (primary N) is 1. The molecule has 1 saturated heterocycles. The number of fused-ring (bicyclic) bond motifs is 1. The highest BCUT2D eigenvalue weighted by Gasteiger charge is 2.34. The fourth-order valence-electron chi connectivity index (χ4n) is 2.40. The van der Waals surface area contributed by atoms with E-state index in [1.807, 2.05) is 18.2 Å². The highest BCUT2D eigenvalue weighted by atomic mass is 32.2. The number of aromatic nitrogens is 2. The van der Waals surface area contributed by atoms with Crippen LogP contribution in [0.3, 0.4) is 0 Å². The third kappa shape index (κ3) is 2.72. The quantitative estimate of drug-likeness (QED) is 0.849. The SMILES string of the molecule is NS(=O)(=O)C1CCN(C(=O)c2cnc3ccccc3n2)C1. The lowest BCUT2D eigenvalue weighted by Gasteiger charge is -2.15. The second-order valence-electron chi connectivity index (χ2n) is 4.99. The summed E-state index contributed by atoms with van der Waals surface area (Å²) in [6.07, 6.45) is 1.76. The van der Waals surface area contributed by atoms with Crippen molar-refractivity contribution in [1.82, 2.24) is 14.9 Å². The molecule has 0 saturated carbocycles. The van der Waals surface area contributed by atoms with Crippen molar-refractivity contribution in [3.8, 4) is 0 Å². The summed E-state index contributed by atoms with van der Waals surface area (Å²) in [6, 6.07) is 7.24. The van der Waals surface area contributed by atoms with Crippen molar-refractivity contribution in [3.05, 3.63) is 36.2 Å². The second kappa shape index (κ2) is 5.05. The van der Waals surface area contributed by atoms with Crippen LogP contribution < -0.4 is 5.14 Å². The Morgan fingerprint density at radius 1 is 1.29 bits per heavy atom. The van der Waals surface area contributed by atoms with Gasteiger partial charge in [0, 0.05) is 13.1 Å². The second-order valence-corrected chi connectivity index (χ2v) is 6.84. The van der Waals surface area contributed by atoms with Crippen LogP contribution in [0.15, 0.2) is 30.5 Å². The summed E-state index contributed by atoms with van der Waals surface area (Å²) in [5.41, 5.74) is 1.55. The molecule has 0 aliphatic carbocycles. The molecule has 1 atom stereocenters. The molecule has 1 aromatic heterocycles. The number of carbonyl (C=O) groups is 1. The molecule has 1 unspecified atom stereocenters. The average Bonchev–Trinajstić information content (AvgIpc) is 2.96. The average molecular weight is 306 g/mol. The van der Waals surface area contributed by atoms with E-state index in [4.69, 9.17) is 5.14 Å². The van der Waals surface area contributed by atoms with Gasteiger partial charge in [0.2, 0.25) is 10.0 Å². The predicted octanol–water partition coefficient (Wildman–Crippen LogP) is 0.133. The third-order valence-electron chi connectivity index (χ3n) is 3.56. The molecule has 2 aromatic rings. The summed E-state index contributed by atoms with van der Waals surface area (Å²) in [4.78, 5) is 22.3. The molecule has 3 rings (SSSR count). The predicted molar refractivity (Wildman–Crippen MR) is 77.0 cm³/mol. The smallest absolute Gasteiger partial charge is 0.274 e. The van der Waals surface area contributed by atoms with Crippen LogP contribution in [0.4, 0.5) is 0 Å². The van der Waals surface area contributed by atoms with Crippen LogP contribution in [-0.4, -0.2) is 47.5 Å². The number of hydrogen-bond donors (Lipinski definition) is 1. The van der Waals surface area contributed by atoms with Crippen LogP contribution in [-0.2, 0) is 10.0 Å². The Morgan fingerprint density at radius 3 is 2.67 bits per heavy atom. The molecular weight excluding hydrogens is 292 g/mol.